The quantitative estimate of drug-likeness (QED) is 0.324. The molecule has 0 unspecified atom stereocenters. The van der Waals surface area contributed by atoms with E-state index in [4.69, 9.17) is 17.0 Å². The Hall–Kier alpha value is -1.28. The van der Waals surface area contributed by atoms with Gasteiger partial charge in [0, 0.05) is 37.7 Å². The predicted octanol–water partition coefficient (Wildman–Crippen LogP) is 3.02. The van der Waals surface area contributed by atoms with E-state index in [1.54, 1.807) is 12.4 Å². The largest absolute Gasteiger partial charge is 0.379 e. The summed E-state index contributed by atoms with van der Waals surface area (Å²) in [4.78, 5) is 6.49. The average molecular weight is 408 g/mol. The zero-order chi connectivity index (χ0) is 19.7. The molecule has 3 N–H and O–H groups in total. The first-order valence-electron chi connectivity index (χ1n) is 10.8. The Morgan fingerprint density at radius 1 is 0.929 bits per heavy atom. The monoisotopic (exact) mass is 407 g/mol. The van der Waals surface area contributed by atoms with Crippen LogP contribution < -0.4 is 16.0 Å². The van der Waals surface area contributed by atoms with E-state index in [2.05, 4.69) is 25.8 Å². The summed E-state index contributed by atoms with van der Waals surface area (Å²) in [5.41, 5.74) is 0.974. The molecule has 0 aromatic carbocycles. The number of thiocarbonyl (C=S) groups is 1. The van der Waals surface area contributed by atoms with Gasteiger partial charge in [0.1, 0.15) is 0 Å². The summed E-state index contributed by atoms with van der Waals surface area (Å²) in [6.07, 6.45) is 12.4. The number of unbranched alkanes of at least 4 members (excludes halogenated alkanes) is 5. The van der Waals surface area contributed by atoms with E-state index in [-0.39, 0.29) is 0 Å². The Morgan fingerprint density at radius 2 is 1.57 bits per heavy atom. The molecule has 0 radical (unpaired) electrons. The second-order valence-corrected chi connectivity index (χ2v) is 7.70. The van der Waals surface area contributed by atoms with Crippen molar-refractivity contribution in [3.8, 4) is 0 Å². The summed E-state index contributed by atoms with van der Waals surface area (Å²) in [5, 5.41) is 10.7. The van der Waals surface area contributed by atoms with Crippen LogP contribution in [0.3, 0.4) is 0 Å². The molecule has 1 aromatic rings. The van der Waals surface area contributed by atoms with Gasteiger partial charge in [-0.05, 0) is 63.2 Å². The topological polar surface area (TPSA) is 61.5 Å². The molecule has 1 aliphatic rings. The second-order valence-electron chi connectivity index (χ2n) is 7.30. The molecule has 0 spiro atoms. The summed E-state index contributed by atoms with van der Waals surface area (Å²) in [7, 11) is 0. The van der Waals surface area contributed by atoms with E-state index in [0.717, 1.165) is 58.0 Å². The molecule has 0 saturated carbocycles. The van der Waals surface area contributed by atoms with Crippen molar-refractivity contribution < 1.29 is 4.74 Å². The van der Waals surface area contributed by atoms with Gasteiger partial charge in [0.2, 0.25) is 0 Å². The van der Waals surface area contributed by atoms with Crippen molar-refractivity contribution in [3.05, 3.63) is 24.5 Å². The van der Waals surface area contributed by atoms with Crippen LogP contribution in [0.2, 0.25) is 0 Å². The minimum absolute atomic E-state index is 0.686. The molecule has 0 atom stereocenters. The molecule has 1 fully saturated rings. The molecule has 1 saturated heterocycles. The van der Waals surface area contributed by atoms with Gasteiger partial charge in [0.25, 0.3) is 0 Å². The van der Waals surface area contributed by atoms with Crippen LogP contribution in [-0.2, 0) is 4.74 Å². The van der Waals surface area contributed by atoms with Crippen LogP contribution in [-0.4, -0.2) is 67.5 Å². The van der Waals surface area contributed by atoms with E-state index >= 15 is 0 Å². The fourth-order valence-corrected chi connectivity index (χ4v) is 3.49. The van der Waals surface area contributed by atoms with E-state index in [9.17, 15) is 0 Å². The number of pyridine rings is 1. The summed E-state index contributed by atoms with van der Waals surface area (Å²) >= 11 is 5.29. The van der Waals surface area contributed by atoms with Gasteiger partial charge in [-0.15, -0.1) is 0 Å². The van der Waals surface area contributed by atoms with Crippen LogP contribution in [0.5, 0.6) is 0 Å². The summed E-state index contributed by atoms with van der Waals surface area (Å²) in [5.74, 6) is 0. The molecule has 1 aromatic heterocycles. The van der Waals surface area contributed by atoms with Gasteiger partial charge in [-0.2, -0.15) is 0 Å². The fourth-order valence-electron chi connectivity index (χ4n) is 3.27. The number of nitrogens with one attached hydrogen (secondary N) is 3. The number of aromatic nitrogens is 1. The normalized spacial score (nSPS) is 14.7. The fraction of sp³-hybridized carbons (Fsp3) is 0.714. The number of hydrogen-bond acceptors (Lipinski definition) is 5. The molecule has 1 aliphatic heterocycles. The highest BCUT2D eigenvalue weighted by atomic mass is 32.1. The lowest BCUT2D eigenvalue weighted by atomic mass is 10.1. The third-order valence-corrected chi connectivity index (χ3v) is 5.18. The molecule has 28 heavy (non-hydrogen) atoms. The maximum atomic E-state index is 5.37. The Labute approximate surface area is 175 Å². The van der Waals surface area contributed by atoms with Gasteiger partial charge in [-0.1, -0.05) is 25.7 Å². The zero-order valence-corrected chi connectivity index (χ0v) is 17.9. The van der Waals surface area contributed by atoms with Gasteiger partial charge < -0.3 is 20.7 Å². The van der Waals surface area contributed by atoms with Gasteiger partial charge in [-0.25, -0.2) is 0 Å². The predicted molar refractivity (Wildman–Crippen MR) is 121 cm³/mol. The third-order valence-electron chi connectivity index (χ3n) is 4.94. The van der Waals surface area contributed by atoms with Crippen LogP contribution in [0, 0.1) is 0 Å². The molecule has 7 heteroatoms. The van der Waals surface area contributed by atoms with Crippen molar-refractivity contribution in [3.63, 3.8) is 0 Å². The van der Waals surface area contributed by atoms with Crippen molar-refractivity contribution in [2.24, 2.45) is 0 Å². The molecule has 0 bridgehead atoms. The number of nitrogens with zero attached hydrogens (tertiary/aromatic N) is 2. The summed E-state index contributed by atoms with van der Waals surface area (Å²) in [6, 6.07) is 3.82. The third kappa shape index (κ3) is 11.5. The maximum Gasteiger partial charge on any atom is 0.170 e. The number of ether oxygens (including phenoxy) is 1. The number of anilines is 1. The lowest BCUT2D eigenvalue weighted by Gasteiger charge is -2.26. The summed E-state index contributed by atoms with van der Waals surface area (Å²) in [6.45, 7) is 8.42. The van der Waals surface area contributed by atoms with Crippen LogP contribution in [0.1, 0.15) is 44.9 Å². The molecule has 6 nitrogen and oxygen atoms in total. The van der Waals surface area contributed by atoms with Gasteiger partial charge in [-0.3, -0.25) is 9.88 Å². The molecule has 2 heterocycles. The van der Waals surface area contributed by atoms with E-state index < -0.39 is 0 Å². The minimum atomic E-state index is 0.686. The Kier molecular flexibility index (Phi) is 12.8. The first-order valence-corrected chi connectivity index (χ1v) is 11.2. The highest BCUT2D eigenvalue weighted by Gasteiger charge is 2.08. The molecule has 2 rings (SSSR count). The Morgan fingerprint density at radius 3 is 2.32 bits per heavy atom. The minimum Gasteiger partial charge on any atom is -0.379 e. The first-order chi connectivity index (χ1) is 13.8. The Balaban J connectivity index is 1.28. The maximum absolute atomic E-state index is 5.37. The molecular formula is C21H37N5OS. The average Bonchev–Trinajstić information content (AvgIpc) is 2.73. The number of morpholine rings is 1. The van der Waals surface area contributed by atoms with E-state index in [1.807, 2.05) is 12.1 Å². The number of hydrogen-bond donors (Lipinski definition) is 3. The van der Waals surface area contributed by atoms with Crippen molar-refractivity contribution in [2.45, 2.75) is 44.9 Å². The first kappa shape index (κ1) is 23.0. The Bertz CT molecular complexity index is 511. The van der Waals surface area contributed by atoms with Crippen LogP contribution in [0.25, 0.3) is 0 Å². The van der Waals surface area contributed by atoms with Crippen LogP contribution >= 0.6 is 12.2 Å². The van der Waals surface area contributed by atoms with Gasteiger partial charge in [0.15, 0.2) is 5.11 Å². The van der Waals surface area contributed by atoms with E-state index in [0.29, 0.717) is 5.11 Å². The number of rotatable bonds is 14. The highest BCUT2D eigenvalue weighted by Crippen LogP contribution is 2.05. The molecule has 0 aliphatic carbocycles. The zero-order valence-electron chi connectivity index (χ0n) is 17.1. The lowest BCUT2D eigenvalue weighted by molar-refractivity contribution is 0.0374. The SMILES string of the molecule is S=C(NCCCCCCCCNCCCN1CCOCC1)Nc1ccncc1. The molecule has 158 valence electrons. The highest BCUT2D eigenvalue weighted by molar-refractivity contribution is 7.80. The van der Waals surface area contributed by atoms with Crippen molar-refractivity contribution in [1.29, 1.82) is 0 Å². The van der Waals surface area contributed by atoms with Crippen molar-refractivity contribution in [1.82, 2.24) is 20.5 Å². The smallest absolute Gasteiger partial charge is 0.170 e. The van der Waals surface area contributed by atoms with Gasteiger partial charge >= 0.3 is 0 Å². The lowest BCUT2D eigenvalue weighted by Crippen LogP contribution is -2.37. The standard InChI is InChI=1S/C21H37N5OS/c28-21(25-20-8-13-23-14-9-20)24-12-6-4-2-1-3-5-10-22-11-7-15-26-16-18-27-19-17-26/h8-9,13-14,22H,1-7,10-12,15-19H2,(H2,23,24,25,28). The van der Waals surface area contributed by atoms with Crippen molar-refractivity contribution in [2.75, 3.05) is 57.8 Å². The molecule has 0 amide bonds. The van der Waals surface area contributed by atoms with Crippen LogP contribution in [0.15, 0.2) is 24.5 Å². The molecular weight excluding hydrogens is 370 g/mol. The van der Waals surface area contributed by atoms with Crippen LogP contribution in [0.4, 0.5) is 5.69 Å². The van der Waals surface area contributed by atoms with Gasteiger partial charge in [0.05, 0.1) is 13.2 Å². The van der Waals surface area contributed by atoms with E-state index in [1.165, 1.54) is 45.1 Å². The summed E-state index contributed by atoms with van der Waals surface area (Å²) < 4.78 is 5.37. The van der Waals surface area contributed by atoms with Crippen molar-refractivity contribution >= 4 is 23.0 Å². The second kappa shape index (κ2) is 15.6.